The first kappa shape index (κ1) is 9.00. The molecule has 0 bridgehead atoms. The molecule has 1 saturated carbocycles. The average Bonchev–Trinajstić information content (AvgIpc) is 2.29. The third kappa shape index (κ3) is 2.02. The van der Waals surface area contributed by atoms with Crippen molar-refractivity contribution in [3.05, 3.63) is 0 Å². The van der Waals surface area contributed by atoms with Crippen molar-refractivity contribution >= 4 is 5.91 Å². The lowest BCUT2D eigenvalue weighted by molar-refractivity contribution is -0.132. The fourth-order valence-electron chi connectivity index (χ4n) is 2.59. The van der Waals surface area contributed by atoms with E-state index in [0.29, 0.717) is 13.0 Å². The Bertz CT molecular complexity index is 197. The first-order valence-electron chi connectivity index (χ1n) is 5.21. The number of hydroxylamine groups is 1. The van der Waals surface area contributed by atoms with Gasteiger partial charge in [0.05, 0.1) is 6.61 Å². The predicted octanol–water partition coefficient (Wildman–Crippen LogP) is 1.78. The lowest BCUT2D eigenvalue weighted by Gasteiger charge is -2.34. The topological polar surface area (TPSA) is 38.3 Å². The van der Waals surface area contributed by atoms with E-state index in [1.807, 2.05) is 0 Å². The van der Waals surface area contributed by atoms with Gasteiger partial charge in [0.25, 0.3) is 0 Å². The second-order valence-electron chi connectivity index (χ2n) is 4.36. The highest BCUT2D eigenvalue weighted by atomic mass is 16.6. The van der Waals surface area contributed by atoms with Crippen LogP contribution < -0.4 is 5.48 Å². The molecule has 2 fully saturated rings. The molecule has 1 amide bonds. The van der Waals surface area contributed by atoms with Crippen LogP contribution in [0.15, 0.2) is 0 Å². The van der Waals surface area contributed by atoms with Gasteiger partial charge in [0.15, 0.2) is 0 Å². The van der Waals surface area contributed by atoms with Crippen LogP contribution in [-0.4, -0.2) is 12.5 Å². The average molecular weight is 183 g/mol. The summed E-state index contributed by atoms with van der Waals surface area (Å²) in [5.74, 6) is 0.0689. The predicted molar refractivity (Wildman–Crippen MR) is 48.8 cm³/mol. The van der Waals surface area contributed by atoms with Crippen LogP contribution in [0.2, 0.25) is 0 Å². The van der Waals surface area contributed by atoms with Gasteiger partial charge in [0.1, 0.15) is 0 Å². The number of amides is 1. The third-order valence-corrected chi connectivity index (χ3v) is 3.37. The summed E-state index contributed by atoms with van der Waals surface area (Å²) in [5.41, 5.74) is 2.75. The monoisotopic (exact) mass is 183 g/mol. The van der Waals surface area contributed by atoms with Crippen molar-refractivity contribution in [2.75, 3.05) is 6.61 Å². The Morgan fingerprint density at radius 2 is 1.92 bits per heavy atom. The van der Waals surface area contributed by atoms with Crippen molar-refractivity contribution in [1.29, 1.82) is 0 Å². The van der Waals surface area contributed by atoms with E-state index in [0.717, 1.165) is 6.42 Å². The van der Waals surface area contributed by atoms with E-state index in [-0.39, 0.29) is 11.3 Å². The van der Waals surface area contributed by atoms with Crippen LogP contribution in [0.1, 0.15) is 44.9 Å². The summed E-state index contributed by atoms with van der Waals surface area (Å²) >= 11 is 0. The second kappa shape index (κ2) is 3.66. The molecule has 0 aromatic carbocycles. The van der Waals surface area contributed by atoms with Crippen molar-refractivity contribution in [3.8, 4) is 0 Å². The Kier molecular flexibility index (Phi) is 2.54. The van der Waals surface area contributed by atoms with Gasteiger partial charge >= 0.3 is 0 Å². The lowest BCUT2D eigenvalue weighted by atomic mass is 9.70. The van der Waals surface area contributed by atoms with Crippen molar-refractivity contribution in [2.24, 2.45) is 5.41 Å². The van der Waals surface area contributed by atoms with Crippen molar-refractivity contribution in [2.45, 2.75) is 44.9 Å². The first-order valence-corrected chi connectivity index (χ1v) is 5.21. The van der Waals surface area contributed by atoms with E-state index in [1.54, 1.807) is 0 Å². The molecule has 2 aliphatic rings. The molecule has 3 nitrogen and oxygen atoms in total. The van der Waals surface area contributed by atoms with Crippen LogP contribution in [0.5, 0.6) is 0 Å². The fourth-order valence-corrected chi connectivity index (χ4v) is 2.59. The molecule has 13 heavy (non-hydrogen) atoms. The Balaban J connectivity index is 2.04. The zero-order valence-electron chi connectivity index (χ0n) is 7.97. The van der Waals surface area contributed by atoms with Crippen molar-refractivity contribution in [1.82, 2.24) is 5.48 Å². The summed E-state index contributed by atoms with van der Waals surface area (Å²) in [7, 11) is 0. The van der Waals surface area contributed by atoms with Gasteiger partial charge in [-0.2, -0.15) is 0 Å². The zero-order chi connectivity index (χ0) is 9.15. The standard InChI is InChI=1S/C10H17NO2/c12-9-8-10(6-7-13-11-9)4-2-1-3-5-10/h1-8H2,(H,11,12). The van der Waals surface area contributed by atoms with Crippen LogP contribution in [0, 0.1) is 5.41 Å². The van der Waals surface area contributed by atoms with E-state index in [4.69, 9.17) is 4.84 Å². The van der Waals surface area contributed by atoms with Gasteiger partial charge in [-0.15, -0.1) is 0 Å². The summed E-state index contributed by atoms with van der Waals surface area (Å²) in [4.78, 5) is 16.4. The van der Waals surface area contributed by atoms with Gasteiger partial charge in [-0.05, 0) is 24.7 Å². The van der Waals surface area contributed by atoms with E-state index in [2.05, 4.69) is 5.48 Å². The molecule has 0 unspecified atom stereocenters. The Labute approximate surface area is 78.8 Å². The largest absolute Gasteiger partial charge is 0.274 e. The molecule has 2 rings (SSSR count). The summed E-state index contributed by atoms with van der Waals surface area (Å²) in [6, 6.07) is 0. The summed E-state index contributed by atoms with van der Waals surface area (Å²) in [6.07, 6.45) is 8.05. The summed E-state index contributed by atoms with van der Waals surface area (Å²) in [5, 5.41) is 0. The van der Waals surface area contributed by atoms with E-state index >= 15 is 0 Å². The highest BCUT2D eigenvalue weighted by Crippen LogP contribution is 2.42. The quantitative estimate of drug-likeness (QED) is 0.621. The molecule has 0 aromatic rings. The maximum atomic E-state index is 11.3. The van der Waals surface area contributed by atoms with Crippen LogP contribution in [-0.2, 0) is 9.63 Å². The third-order valence-electron chi connectivity index (χ3n) is 3.37. The number of rotatable bonds is 0. The number of nitrogens with one attached hydrogen (secondary N) is 1. The van der Waals surface area contributed by atoms with E-state index in [9.17, 15) is 4.79 Å². The van der Waals surface area contributed by atoms with E-state index < -0.39 is 0 Å². The molecule has 0 atom stereocenters. The number of carbonyl (C=O) groups is 1. The van der Waals surface area contributed by atoms with Crippen LogP contribution in [0.25, 0.3) is 0 Å². The number of hydrogen-bond acceptors (Lipinski definition) is 2. The van der Waals surface area contributed by atoms with Gasteiger partial charge in [-0.25, -0.2) is 5.48 Å². The molecule has 74 valence electrons. The number of carbonyl (C=O) groups excluding carboxylic acids is 1. The van der Waals surface area contributed by atoms with Gasteiger partial charge < -0.3 is 0 Å². The highest BCUT2D eigenvalue weighted by molar-refractivity contribution is 5.75. The molecular formula is C10H17NO2. The zero-order valence-corrected chi connectivity index (χ0v) is 7.97. The second-order valence-corrected chi connectivity index (χ2v) is 4.36. The minimum absolute atomic E-state index is 0.0689. The van der Waals surface area contributed by atoms with Gasteiger partial charge in [0.2, 0.25) is 5.91 Å². The molecule has 1 aliphatic heterocycles. The molecular weight excluding hydrogens is 166 g/mol. The maximum Gasteiger partial charge on any atom is 0.244 e. The fraction of sp³-hybridized carbons (Fsp3) is 0.900. The molecule has 0 radical (unpaired) electrons. The SMILES string of the molecule is O=C1CC2(CCCCC2)CCON1. The molecule has 1 spiro atoms. The van der Waals surface area contributed by atoms with Crippen molar-refractivity contribution < 1.29 is 9.63 Å². The normalized spacial score (nSPS) is 28.2. The van der Waals surface area contributed by atoms with Gasteiger partial charge in [0, 0.05) is 6.42 Å². The minimum atomic E-state index is 0.0689. The molecule has 3 heteroatoms. The molecule has 1 aliphatic carbocycles. The molecule has 0 aromatic heterocycles. The minimum Gasteiger partial charge on any atom is -0.274 e. The summed E-state index contributed by atoms with van der Waals surface area (Å²) < 4.78 is 0. The lowest BCUT2D eigenvalue weighted by Crippen LogP contribution is -2.29. The maximum absolute atomic E-state index is 11.3. The van der Waals surface area contributed by atoms with Crippen LogP contribution >= 0.6 is 0 Å². The molecule has 1 heterocycles. The van der Waals surface area contributed by atoms with Crippen LogP contribution in [0.4, 0.5) is 0 Å². The van der Waals surface area contributed by atoms with Gasteiger partial charge in [-0.3, -0.25) is 9.63 Å². The van der Waals surface area contributed by atoms with Crippen LogP contribution in [0.3, 0.4) is 0 Å². The molecule has 1 N–H and O–H groups in total. The Hall–Kier alpha value is -0.570. The van der Waals surface area contributed by atoms with Crippen molar-refractivity contribution in [3.63, 3.8) is 0 Å². The summed E-state index contributed by atoms with van der Waals surface area (Å²) in [6.45, 7) is 0.686. The Morgan fingerprint density at radius 3 is 2.69 bits per heavy atom. The number of hydrogen-bond donors (Lipinski definition) is 1. The Morgan fingerprint density at radius 1 is 1.15 bits per heavy atom. The first-order chi connectivity index (χ1) is 6.31. The van der Waals surface area contributed by atoms with Gasteiger partial charge in [-0.1, -0.05) is 19.3 Å². The smallest absolute Gasteiger partial charge is 0.244 e. The van der Waals surface area contributed by atoms with E-state index in [1.165, 1.54) is 32.1 Å². The highest BCUT2D eigenvalue weighted by Gasteiger charge is 2.35. The molecule has 1 saturated heterocycles.